The molecule has 1 unspecified atom stereocenters. The number of anilines is 1. The minimum Gasteiger partial charge on any atom is -0.497 e. The summed E-state index contributed by atoms with van der Waals surface area (Å²) in [4.78, 5) is 29.0. The monoisotopic (exact) mass is 441 g/mol. The van der Waals surface area contributed by atoms with Crippen molar-refractivity contribution >= 4 is 34.8 Å². The Labute approximate surface area is 187 Å². The van der Waals surface area contributed by atoms with Crippen LogP contribution < -0.4 is 14.8 Å². The molecule has 1 atom stereocenters. The van der Waals surface area contributed by atoms with Crippen molar-refractivity contribution in [2.75, 3.05) is 25.6 Å². The van der Waals surface area contributed by atoms with Crippen LogP contribution in [-0.2, 0) is 16.1 Å². The lowest BCUT2D eigenvalue weighted by Crippen LogP contribution is -2.37. The molecule has 0 radical (unpaired) electrons. The van der Waals surface area contributed by atoms with Gasteiger partial charge in [0.25, 0.3) is 5.91 Å². The van der Waals surface area contributed by atoms with E-state index in [0.29, 0.717) is 30.5 Å². The van der Waals surface area contributed by atoms with Gasteiger partial charge in [0.15, 0.2) is 5.11 Å². The first-order chi connectivity index (χ1) is 15.0. The number of nitrogens with one attached hydrogen (secondary N) is 1. The lowest BCUT2D eigenvalue weighted by atomic mass is 10.1. The predicted octanol–water partition coefficient (Wildman–Crippen LogP) is 3.44. The average molecular weight is 442 g/mol. The summed E-state index contributed by atoms with van der Waals surface area (Å²) < 4.78 is 10.6. The van der Waals surface area contributed by atoms with Gasteiger partial charge in [-0.2, -0.15) is 0 Å². The Morgan fingerprint density at radius 2 is 1.71 bits per heavy atom. The van der Waals surface area contributed by atoms with Gasteiger partial charge in [-0.25, -0.2) is 0 Å². The first-order valence-corrected chi connectivity index (χ1v) is 10.6. The molecule has 164 valence electrons. The molecule has 0 bridgehead atoms. The molecule has 2 aromatic rings. The Bertz CT molecular complexity index is 931. The number of methoxy groups -OCH3 is 1. The van der Waals surface area contributed by atoms with Gasteiger partial charge in [0, 0.05) is 18.8 Å². The van der Waals surface area contributed by atoms with Crippen LogP contribution in [0.5, 0.6) is 11.5 Å². The lowest BCUT2D eigenvalue weighted by Gasteiger charge is -2.24. The van der Waals surface area contributed by atoms with Crippen molar-refractivity contribution in [3.8, 4) is 11.5 Å². The molecular formula is C23H27N3O4S. The fourth-order valence-electron chi connectivity index (χ4n) is 3.48. The number of benzene rings is 2. The van der Waals surface area contributed by atoms with Crippen LogP contribution in [0.2, 0.25) is 0 Å². The number of hydrogen-bond acceptors (Lipinski definition) is 5. The van der Waals surface area contributed by atoms with Gasteiger partial charge < -0.3 is 19.7 Å². The number of ether oxygens (including phenoxy) is 2. The van der Waals surface area contributed by atoms with E-state index in [1.54, 1.807) is 36.3 Å². The molecule has 1 fully saturated rings. The van der Waals surface area contributed by atoms with E-state index < -0.39 is 6.04 Å². The highest BCUT2D eigenvalue weighted by atomic mass is 32.1. The van der Waals surface area contributed by atoms with Crippen molar-refractivity contribution in [3.05, 3.63) is 54.1 Å². The van der Waals surface area contributed by atoms with Crippen molar-refractivity contribution < 1.29 is 19.1 Å². The van der Waals surface area contributed by atoms with E-state index in [0.717, 1.165) is 17.1 Å². The lowest BCUT2D eigenvalue weighted by molar-refractivity contribution is -0.130. The van der Waals surface area contributed by atoms with Crippen LogP contribution in [0.15, 0.2) is 48.5 Å². The second-order valence-electron chi connectivity index (χ2n) is 7.07. The van der Waals surface area contributed by atoms with Gasteiger partial charge in [-0.15, -0.1) is 0 Å². The predicted molar refractivity (Wildman–Crippen MR) is 123 cm³/mol. The Hall–Kier alpha value is -3.13. The topological polar surface area (TPSA) is 71.1 Å². The molecule has 1 aliphatic rings. The van der Waals surface area contributed by atoms with E-state index in [1.165, 1.54) is 0 Å². The molecule has 31 heavy (non-hydrogen) atoms. The number of carbonyl (C=O) groups is 2. The Morgan fingerprint density at radius 3 is 2.29 bits per heavy atom. The van der Waals surface area contributed by atoms with Crippen LogP contribution in [-0.4, -0.2) is 53.0 Å². The molecule has 2 amide bonds. The van der Waals surface area contributed by atoms with Crippen molar-refractivity contribution in [3.63, 3.8) is 0 Å². The van der Waals surface area contributed by atoms with E-state index >= 15 is 0 Å². The van der Waals surface area contributed by atoms with Gasteiger partial charge in [0.05, 0.1) is 20.1 Å². The van der Waals surface area contributed by atoms with E-state index in [-0.39, 0.29) is 18.2 Å². The fourth-order valence-corrected chi connectivity index (χ4v) is 3.89. The molecule has 1 saturated heterocycles. The van der Waals surface area contributed by atoms with Gasteiger partial charge in [0.2, 0.25) is 5.91 Å². The number of likely N-dealkylation sites (N-methyl/N-ethyl adjacent to an activating group) is 1. The summed E-state index contributed by atoms with van der Waals surface area (Å²) in [6, 6.07) is 14.1. The normalized spacial score (nSPS) is 15.9. The average Bonchev–Trinajstić information content (AvgIpc) is 2.99. The van der Waals surface area contributed by atoms with E-state index in [2.05, 4.69) is 5.32 Å². The smallest absolute Gasteiger partial charge is 0.252 e. The third kappa shape index (κ3) is 5.32. The molecule has 1 aliphatic heterocycles. The van der Waals surface area contributed by atoms with Crippen LogP contribution in [0.1, 0.15) is 25.8 Å². The molecule has 3 rings (SSSR count). The Morgan fingerprint density at radius 1 is 1.06 bits per heavy atom. The third-order valence-corrected chi connectivity index (χ3v) is 5.51. The summed E-state index contributed by atoms with van der Waals surface area (Å²) in [5.74, 6) is 1.09. The largest absolute Gasteiger partial charge is 0.497 e. The summed E-state index contributed by atoms with van der Waals surface area (Å²) in [5, 5.41) is 3.30. The summed E-state index contributed by atoms with van der Waals surface area (Å²) in [5.41, 5.74) is 1.63. The van der Waals surface area contributed by atoms with Crippen molar-refractivity contribution in [1.82, 2.24) is 9.80 Å². The molecule has 0 aromatic heterocycles. The van der Waals surface area contributed by atoms with Crippen LogP contribution in [0.3, 0.4) is 0 Å². The zero-order valence-corrected chi connectivity index (χ0v) is 18.8. The van der Waals surface area contributed by atoms with Crippen molar-refractivity contribution in [2.45, 2.75) is 32.9 Å². The van der Waals surface area contributed by atoms with E-state index in [9.17, 15) is 9.59 Å². The molecule has 7 nitrogen and oxygen atoms in total. The molecule has 8 heteroatoms. The van der Waals surface area contributed by atoms with Crippen LogP contribution >= 0.6 is 12.2 Å². The minimum absolute atomic E-state index is 0.0127. The standard InChI is InChI=1S/C23H27N3O4S/c1-4-25-22(28)20(14-21(27)24-17-8-12-19(13-9-17)30-5-2)26(23(25)31)15-16-6-10-18(29-3)11-7-16/h6-13,20H,4-5,14-15H2,1-3H3,(H,24,27). The Balaban J connectivity index is 1.71. The number of nitrogens with zero attached hydrogens (tertiary/aromatic N) is 2. The molecular weight excluding hydrogens is 414 g/mol. The molecule has 2 aromatic carbocycles. The van der Waals surface area contributed by atoms with Crippen molar-refractivity contribution in [2.24, 2.45) is 0 Å². The van der Waals surface area contributed by atoms with Gasteiger partial charge in [-0.3, -0.25) is 14.5 Å². The number of amides is 2. The quantitative estimate of drug-likeness (QED) is 0.601. The number of thiocarbonyl (C=S) groups is 1. The molecule has 0 aliphatic carbocycles. The maximum atomic E-state index is 12.9. The third-order valence-electron chi connectivity index (χ3n) is 5.06. The summed E-state index contributed by atoms with van der Waals surface area (Å²) in [6.45, 7) is 5.27. The molecule has 1 N–H and O–H groups in total. The van der Waals surface area contributed by atoms with Crippen LogP contribution in [0, 0.1) is 0 Å². The molecule has 0 spiro atoms. The number of hydrogen-bond donors (Lipinski definition) is 1. The fraction of sp³-hybridized carbons (Fsp3) is 0.348. The van der Waals surface area contributed by atoms with Gasteiger partial charge in [-0.05, 0) is 68.0 Å². The van der Waals surface area contributed by atoms with E-state index in [1.807, 2.05) is 43.0 Å². The van der Waals surface area contributed by atoms with Gasteiger partial charge in [-0.1, -0.05) is 12.1 Å². The maximum absolute atomic E-state index is 12.9. The van der Waals surface area contributed by atoms with E-state index in [4.69, 9.17) is 21.7 Å². The Kier molecular flexibility index (Phi) is 7.46. The zero-order chi connectivity index (χ0) is 22.4. The highest BCUT2D eigenvalue weighted by Gasteiger charge is 2.42. The van der Waals surface area contributed by atoms with Gasteiger partial charge in [0.1, 0.15) is 17.5 Å². The molecule has 0 saturated carbocycles. The zero-order valence-electron chi connectivity index (χ0n) is 18.0. The second-order valence-corrected chi connectivity index (χ2v) is 7.43. The maximum Gasteiger partial charge on any atom is 0.252 e. The number of carbonyl (C=O) groups excluding carboxylic acids is 2. The van der Waals surface area contributed by atoms with Crippen molar-refractivity contribution in [1.29, 1.82) is 0 Å². The van der Waals surface area contributed by atoms with Crippen LogP contribution in [0.25, 0.3) is 0 Å². The molecule has 1 heterocycles. The minimum atomic E-state index is -0.641. The summed E-state index contributed by atoms with van der Waals surface area (Å²) in [7, 11) is 1.61. The first-order valence-electron chi connectivity index (χ1n) is 10.2. The second kappa shape index (κ2) is 10.3. The summed E-state index contributed by atoms with van der Waals surface area (Å²) >= 11 is 5.55. The van der Waals surface area contributed by atoms with Crippen LogP contribution in [0.4, 0.5) is 5.69 Å². The van der Waals surface area contributed by atoms with Gasteiger partial charge >= 0.3 is 0 Å². The summed E-state index contributed by atoms with van der Waals surface area (Å²) in [6.07, 6.45) is 0.0127. The number of rotatable bonds is 9. The highest BCUT2D eigenvalue weighted by molar-refractivity contribution is 7.80. The first kappa shape index (κ1) is 22.6. The highest BCUT2D eigenvalue weighted by Crippen LogP contribution is 2.25. The SMILES string of the molecule is CCOc1ccc(NC(=O)CC2C(=O)N(CC)C(=S)N2Cc2ccc(OC)cc2)cc1.